The minimum Gasteiger partial charge on any atom is -0.464 e. The molecule has 0 saturated carbocycles. The van der Waals surface area contributed by atoms with Crippen LogP contribution in [-0.2, 0) is 6.54 Å². The zero-order chi connectivity index (χ0) is 14.7. The van der Waals surface area contributed by atoms with Crippen LogP contribution in [0.2, 0.25) is 0 Å². The highest BCUT2D eigenvalue weighted by molar-refractivity contribution is 5.58. The lowest BCUT2D eigenvalue weighted by Gasteiger charge is -2.36. The second kappa shape index (κ2) is 6.46. The molecule has 0 aliphatic carbocycles. The SMILES string of the molecule is CN(C)C1CCCN(Cc2cccc(-c3ccco3)c2)C1. The molecule has 2 aromatic rings. The molecule has 0 spiro atoms. The maximum Gasteiger partial charge on any atom is 0.133 e. The molecule has 3 heteroatoms. The molecule has 2 heterocycles. The van der Waals surface area contributed by atoms with Crippen molar-refractivity contribution in [3.8, 4) is 11.3 Å². The van der Waals surface area contributed by atoms with Gasteiger partial charge in [0.15, 0.2) is 0 Å². The number of likely N-dealkylation sites (N-methyl/N-ethyl adjacent to an activating group) is 1. The first-order chi connectivity index (χ1) is 10.2. The number of nitrogens with zero attached hydrogens (tertiary/aromatic N) is 2. The van der Waals surface area contributed by atoms with Gasteiger partial charge in [0.2, 0.25) is 0 Å². The Morgan fingerprint density at radius 1 is 1.24 bits per heavy atom. The Labute approximate surface area is 127 Å². The Balaban J connectivity index is 1.69. The van der Waals surface area contributed by atoms with Gasteiger partial charge in [-0.2, -0.15) is 0 Å². The highest BCUT2D eigenvalue weighted by atomic mass is 16.3. The van der Waals surface area contributed by atoms with Crippen molar-refractivity contribution in [1.29, 1.82) is 0 Å². The number of hydrogen-bond acceptors (Lipinski definition) is 3. The number of benzene rings is 1. The molecule has 1 aromatic heterocycles. The summed E-state index contributed by atoms with van der Waals surface area (Å²) in [5.41, 5.74) is 2.53. The quantitative estimate of drug-likeness (QED) is 0.857. The Kier molecular flexibility index (Phi) is 4.42. The lowest BCUT2D eigenvalue weighted by molar-refractivity contribution is 0.128. The van der Waals surface area contributed by atoms with Gasteiger partial charge in [-0.3, -0.25) is 4.90 Å². The summed E-state index contributed by atoms with van der Waals surface area (Å²) in [5.74, 6) is 0.946. The Morgan fingerprint density at radius 2 is 2.14 bits per heavy atom. The van der Waals surface area contributed by atoms with Crippen LogP contribution in [-0.4, -0.2) is 43.0 Å². The molecule has 0 N–H and O–H groups in total. The van der Waals surface area contributed by atoms with Crippen LogP contribution in [0, 0.1) is 0 Å². The zero-order valence-electron chi connectivity index (χ0n) is 13.0. The summed E-state index contributed by atoms with van der Waals surface area (Å²) < 4.78 is 5.49. The van der Waals surface area contributed by atoms with E-state index in [0.717, 1.165) is 18.8 Å². The number of furan rings is 1. The minimum atomic E-state index is 0.687. The molecule has 0 amide bonds. The normalized spacial score (nSPS) is 20.0. The van der Waals surface area contributed by atoms with E-state index in [1.54, 1.807) is 6.26 Å². The predicted molar refractivity (Wildman–Crippen MR) is 86.1 cm³/mol. The van der Waals surface area contributed by atoms with Crippen molar-refractivity contribution in [2.24, 2.45) is 0 Å². The zero-order valence-corrected chi connectivity index (χ0v) is 13.0. The number of rotatable bonds is 4. The molecule has 0 bridgehead atoms. The predicted octanol–water partition coefficient (Wildman–Crippen LogP) is 3.47. The summed E-state index contributed by atoms with van der Waals surface area (Å²) in [6, 6.07) is 13.3. The second-order valence-corrected chi connectivity index (χ2v) is 6.17. The molecule has 1 aliphatic heterocycles. The third-order valence-corrected chi connectivity index (χ3v) is 4.35. The fourth-order valence-corrected chi connectivity index (χ4v) is 3.12. The van der Waals surface area contributed by atoms with E-state index >= 15 is 0 Å². The van der Waals surface area contributed by atoms with E-state index in [1.165, 1.54) is 30.5 Å². The van der Waals surface area contributed by atoms with Crippen LogP contribution in [0.25, 0.3) is 11.3 Å². The van der Waals surface area contributed by atoms with E-state index in [4.69, 9.17) is 4.42 Å². The molecule has 1 saturated heterocycles. The van der Waals surface area contributed by atoms with Crippen LogP contribution < -0.4 is 0 Å². The van der Waals surface area contributed by atoms with Gasteiger partial charge in [-0.1, -0.05) is 18.2 Å². The van der Waals surface area contributed by atoms with Crippen LogP contribution in [0.15, 0.2) is 47.1 Å². The first-order valence-electron chi connectivity index (χ1n) is 7.74. The van der Waals surface area contributed by atoms with E-state index in [2.05, 4.69) is 48.2 Å². The molecular formula is C18H24N2O. The summed E-state index contributed by atoms with van der Waals surface area (Å²) in [5, 5.41) is 0. The van der Waals surface area contributed by atoms with Gasteiger partial charge in [0, 0.05) is 24.7 Å². The van der Waals surface area contributed by atoms with Crippen molar-refractivity contribution in [1.82, 2.24) is 9.80 Å². The maximum absolute atomic E-state index is 5.49. The summed E-state index contributed by atoms with van der Waals surface area (Å²) in [6.45, 7) is 3.40. The number of hydrogen-bond donors (Lipinski definition) is 0. The van der Waals surface area contributed by atoms with E-state index in [0.29, 0.717) is 6.04 Å². The van der Waals surface area contributed by atoms with Crippen molar-refractivity contribution in [3.05, 3.63) is 48.2 Å². The van der Waals surface area contributed by atoms with Crippen molar-refractivity contribution in [2.75, 3.05) is 27.2 Å². The highest BCUT2D eigenvalue weighted by Gasteiger charge is 2.21. The van der Waals surface area contributed by atoms with Crippen LogP contribution in [0.1, 0.15) is 18.4 Å². The summed E-state index contributed by atoms with van der Waals surface area (Å²) >= 11 is 0. The fraction of sp³-hybridized carbons (Fsp3) is 0.444. The molecule has 112 valence electrons. The topological polar surface area (TPSA) is 19.6 Å². The Morgan fingerprint density at radius 3 is 2.90 bits per heavy atom. The molecule has 1 aromatic carbocycles. The number of piperidine rings is 1. The molecular weight excluding hydrogens is 260 g/mol. The summed E-state index contributed by atoms with van der Waals surface area (Å²) in [7, 11) is 4.37. The molecule has 1 atom stereocenters. The third-order valence-electron chi connectivity index (χ3n) is 4.35. The third kappa shape index (κ3) is 3.55. The average Bonchev–Trinajstić information content (AvgIpc) is 3.02. The standard InChI is InChI=1S/C18H24N2O/c1-19(2)17-8-4-10-20(14-17)13-15-6-3-7-16(12-15)18-9-5-11-21-18/h3,5-7,9,11-12,17H,4,8,10,13-14H2,1-2H3. The molecule has 21 heavy (non-hydrogen) atoms. The van der Waals surface area contributed by atoms with Crippen LogP contribution >= 0.6 is 0 Å². The average molecular weight is 284 g/mol. The molecule has 3 nitrogen and oxygen atoms in total. The molecule has 3 rings (SSSR count). The minimum absolute atomic E-state index is 0.687. The van der Waals surface area contributed by atoms with E-state index in [-0.39, 0.29) is 0 Å². The number of likely N-dealkylation sites (tertiary alicyclic amines) is 1. The highest BCUT2D eigenvalue weighted by Crippen LogP contribution is 2.22. The monoisotopic (exact) mass is 284 g/mol. The van der Waals surface area contributed by atoms with Crippen molar-refractivity contribution in [3.63, 3.8) is 0 Å². The van der Waals surface area contributed by atoms with Crippen molar-refractivity contribution < 1.29 is 4.42 Å². The van der Waals surface area contributed by atoms with Crippen molar-refractivity contribution >= 4 is 0 Å². The van der Waals surface area contributed by atoms with E-state index < -0.39 is 0 Å². The lowest BCUT2D eigenvalue weighted by atomic mass is 10.0. The first-order valence-corrected chi connectivity index (χ1v) is 7.74. The summed E-state index contributed by atoms with van der Waals surface area (Å²) in [4.78, 5) is 4.92. The molecule has 0 radical (unpaired) electrons. The first kappa shape index (κ1) is 14.4. The maximum atomic E-state index is 5.49. The van der Waals surface area contributed by atoms with Gasteiger partial charge in [-0.05, 0) is 57.2 Å². The van der Waals surface area contributed by atoms with Gasteiger partial charge in [-0.15, -0.1) is 0 Å². The molecule has 1 fully saturated rings. The van der Waals surface area contributed by atoms with Crippen molar-refractivity contribution in [2.45, 2.75) is 25.4 Å². The van der Waals surface area contributed by atoms with Gasteiger partial charge in [0.25, 0.3) is 0 Å². The van der Waals surface area contributed by atoms with Gasteiger partial charge in [0.05, 0.1) is 6.26 Å². The molecule has 1 aliphatic rings. The van der Waals surface area contributed by atoms with Crippen LogP contribution in [0.4, 0.5) is 0 Å². The summed E-state index contributed by atoms with van der Waals surface area (Å²) in [6.07, 6.45) is 4.34. The largest absolute Gasteiger partial charge is 0.464 e. The molecule has 1 unspecified atom stereocenters. The van der Waals surface area contributed by atoms with E-state index in [9.17, 15) is 0 Å². The van der Waals surface area contributed by atoms with Gasteiger partial charge in [-0.25, -0.2) is 0 Å². The second-order valence-electron chi connectivity index (χ2n) is 6.17. The fourth-order valence-electron chi connectivity index (χ4n) is 3.12. The Bertz CT molecular complexity index is 562. The van der Waals surface area contributed by atoms with Gasteiger partial charge < -0.3 is 9.32 Å². The van der Waals surface area contributed by atoms with Crippen LogP contribution in [0.3, 0.4) is 0 Å². The van der Waals surface area contributed by atoms with E-state index in [1.807, 2.05) is 12.1 Å². The van der Waals surface area contributed by atoms with Gasteiger partial charge >= 0.3 is 0 Å². The van der Waals surface area contributed by atoms with Crippen LogP contribution in [0.5, 0.6) is 0 Å². The Hall–Kier alpha value is -1.58. The van der Waals surface area contributed by atoms with Gasteiger partial charge in [0.1, 0.15) is 5.76 Å². The lowest BCUT2D eigenvalue weighted by Crippen LogP contribution is -2.44. The smallest absolute Gasteiger partial charge is 0.133 e.